The summed E-state index contributed by atoms with van der Waals surface area (Å²) < 4.78 is 0. The zero-order valence-electron chi connectivity index (χ0n) is 16.1. The largest absolute Gasteiger partial charge is 0.355 e. The standard InChI is InChI=1S/C20H28N4O3/c1-3-21-18(25)14-22-8-10-23(11-9-22)20(27)16-12-19(26)24(13-16)17-6-4-15(2)5-7-17/h4-7,16H,3,8-14H2,1-2H3,(H,21,25). The minimum atomic E-state index is -0.284. The quantitative estimate of drug-likeness (QED) is 0.823. The Morgan fingerprint density at radius 3 is 2.41 bits per heavy atom. The van der Waals surface area contributed by atoms with E-state index in [9.17, 15) is 14.4 Å². The molecule has 2 heterocycles. The van der Waals surface area contributed by atoms with Crippen LogP contribution in [0.25, 0.3) is 0 Å². The molecule has 7 heteroatoms. The first kappa shape index (κ1) is 19.4. The summed E-state index contributed by atoms with van der Waals surface area (Å²) in [5, 5.41) is 2.80. The number of rotatable bonds is 5. The van der Waals surface area contributed by atoms with Crippen LogP contribution in [0.3, 0.4) is 0 Å². The van der Waals surface area contributed by atoms with E-state index >= 15 is 0 Å². The summed E-state index contributed by atoms with van der Waals surface area (Å²) in [5.41, 5.74) is 2.00. The third-order valence-electron chi connectivity index (χ3n) is 5.25. The molecule has 0 aliphatic carbocycles. The van der Waals surface area contributed by atoms with Gasteiger partial charge in [0.1, 0.15) is 0 Å². The summed E-state index contributed by atoms with van der Waals surface area (Å²) in [6.45, 7) is 7.94. The second kappa shape index (κ2) is 8.52. The number of benzene rings is 1. The highest BCUT2D eigenvalue weighted by Crippen LogP contribution is 2.26. The molecule has 2 aliphatic rings. The number of amides is 3. The molecule has 0 spiro atoms. The van der Waals surface area contributed by atoms with E-state index in [1.807, 2.05) is 43.0 Å². The minimum absolute atomic E-state index is 0.00655. The monoisotopic (exact) mass is 372 g/mol. The lowest BCUT2D eigenvalue weighted by atomic mass is 10.1. The second-order valence-corrected chi connectivity index (χ2v) is 7.30. The summed E-state index contributed by atoms with van der Waals surface area (Å²) >= 11 is 0. The Morgan fingerprint density at radius 1 is 1.11 bits per heavy atom. The van der Waals surface area contributed by atoms with Crippen LogP contribution in [0.15, 0.2) is 24.3 Å². The highest BCUT2D eigenvalue weighted by Gasteiger charge is 2.37. The average molecular weight is 372 g/mol. The number of likely N-dealkylation sites (N-methyl/N-ethyl adjacent to an activating group) is 1. The molecule has 1 aromatic rings. The van der Waals surface area contributed by atoms with Crippen molar-refractivity contribution in [2.45, 2.75) is 20.3 Å². The number of anilines is 1. The van der Waals surface area contributed by atoms with Gasteiger partial charge in [0.15, 0.2) is 0 Å². The summed E-state index contributed by atoms with van der Waals surface area (Å²) in [5.74, 6) is -0.205. The summed E-state index contributed by atoms with van der Waals surface area (Å²) in [6.07, 6.45) is 0.270. The molecule has 0 bridgehead atoms. The molecule has 2 fully saturated rings. The molecule has 2 aliphatic heterocycles. The van der Waals surface area contributed by atoms with E-state index in [4.69, 9.17) is 0 Å². The smallest absolute Gasteiger partial charge is 0.234 e. The van der Waals surface area contributed by atoms with Gasteiger partial charge in [0.05, 0.1) is 12.5 Å². The van der Waals surface area contributed by atoms with E-state index in [1.165, 1.54) is 0 Å². The molecule has 2 saturated heterocycles. The van der Waals surface area contributed by atoms with Crippen molar-refractivity contribution < 1.29 is 14.4 Å². The van der Waals surface area contributed by atoms with E-state index < -0.39 is 0 Å². The molecule has 27 heavy (non-hydrogen) atoms. The fourth-order valence-electron chi connectivity index (χ4n) is 3.69. The number of piperazine rings is 1. The van der Waals surface area contributed by atoms with Gasteiger partial charge in [-0.1, -0.05) is 17.7 Å². The number of aryl methyl sites for hydroxylation is 1. The molecule has 1 unspecified atom stereocenters. The van der Waals surface area contributed by atoms with Gasteiger partial charge < -0.3 is 15.1 Å². The Kier molecular flexibility index (Phi) is 6.11. The third-order valence-corrected chi connectivity index (χ3v) is 5.25. The first-order valence-corrected chi connectivity index (χ1v) is 9.62. The predicted octanol–water partition coefficient (Wildman–Crippen LogP) is 0.628. The van der Waals surface area contributed by atoms with Crippen molar-refractivity contribution in [2.24, 2.45) is 5.92 Å². The molecule has 146 valence electrons. The molecule has 1 atom stereocenters. The highest BCUT2D eigenvalue weighted by molar-refractivity contribution is 6.00. The van der Waals surface area contributed by atoms with E-state index in [0.29, 0.717) is 45.8 Å². The molecule has 0 saturated carbocycles. The lowest BCUT2D eigenvalue weighted by Crippen LogP contribution is -2.52. The maximum atomic E-state index is 12.9. The fraction of sp³-hybridized carbons (Fsp3) is 0.550. The summed E-state index contributed by atoms with van der Waals surface area (Å²) in [4.78, 5) is 42.6. The predicted molar refractivity (Wildman–Crippen MR) is 103 cm³/mol. The molecule has 1 N–H and O–H groups in total. The molecule has 0 aromatic heterocycles. The van der Waals surface area contributed by atoms with Gasteiger partial charge in [-0.3, -0.25) is 19.3 Å². The van der Waals surface area contributed by atoms with Gasteiger partial charge >= 0.3 is 0 Å². The second-order valence-electron chi connectivity index (χ2n) is 7.30. The van der Waals surface area contributed by atoms with Gasteiger partial charge in [-0.2, -0.15) is 0 Å². The van der Waals surface area contributed by atoms with Crippen LogP contribution in [0.1, 0.15) is 18.9 Å². The number of hydrogen-bond acceptors (Lipinski definition) is 4. The first-order chi connectivity index (χ1) is 13.0. The van der Waals surface area contributed by atoms with Crippen molar-refractivity contribution >= 4 is 23.4 Å². The van der Waals surface area contributed by atoms with Crippen LogP contribution in [0.5, 0.6) is 0 Å². The van der Waals surface area contributed by atoms with Crippen molar-refractivity contribution in [1.82, 2.24) is 15.1 Å². The third kappa shape index (κ3) is 4.66. The van der Waals surface area contributed by atoms with Crippen LogP contribution in [0, 0.1) is 12.8 Å². The average Bonchev–Trinajstić information content (AvgIpc) is 3.04. The zero-order chi connectivity index (χ0) is 19.4. The van der Waals surface area contributed by atoms with Gasteiger partial charge in [0, 0.05) is 51.4 Å². The van der Waals surface area contributed by atoms with Crippen LogP contribution >= 0.6 is 0 Å². The van der Waals surface area contributed by atoms with E-state index in [-0.39, 0.29) is 30.1 Å². The fourth-order valence-corrected chi connectivity index (χ4v) is 3.69. The Morgan fingerprint density at radius 2 is 1.78 bits per heavy atom. The van der Waals surface area contributed by atoms with Gasteiger partial charge in [0.25, 0.3) is 0 Å². The van der Waals surface area contributed by atoms with Crippen LogP contribution in [0.2, 0.25) is 0 Å². The maximum Gasteiger partial charge on any atom is 0.234 e. The molecule has 1 aromatic carbocycles. The van der Waals surface area contributed by atoms with E-state index in [0.717, 1.165) is 11.3 Å². The zero-order valence-corrected chi connectivity index (χ0v) is 16.1. The topological polar surface area (TPSA) is 73.0 Å². The molecule has 0 radical (unpaired) electrons. The van der Waals surface area contributed by atoms with Gasteiger partial charge in [-0.25, -0.2) is 0 Å². The van der Waals surface area contributed by atoms with E-state index in [1.54, 1.807) is 4.90 Å². The van der Waals surface area contributed by atoms with Crippen molar-refractivity contribution in [3.05, 3.63) is 29.8 Å². The molecule has 7 nitrogen and oxygen atoms in total. The Balaban J connectivity index is 1.52. The van der Waals surface area contributed by atoms with Crippen LogP contribution < -0.4 is 10.2 Å². The summed E-state index contributed by atoms with van der Waals surface area (Å²) in [7, 11) is 0. The number of nitrogens with zero attached hydrogens (tertiary/aromatic N) is 3. The van der Waals surface area contributed by atoms with Gasteiger partial charge in [0.2, 0.25) is 17.7 Å². The van der Waals surface area contributed by atoms with Crippen LogP contribution in [0.4, 0.5) is 5.69 Å². The lowest BCUT2D eigenvalue weighted by molar-refractivity contribution is -0.137. The van der Waals surface area contributed by atoms with Crippen LogP contribution in [-0.2, 0) is 14.4 Å². The number of nitrogens with one attached hydrogen (secondary N) is 1. The van der Waals surface area contributed by atoms with Crippen molar-refractivity contribution in [3.63, 3.8) is 0 Å². The number of hydrogen-bond donors (Lipinski definition) is 1. The molecular weight excluding hydrogens is 344 g/mol. The van der Waals surface area contributed by atoms with Crippen molar-refractivity contribution in [1.29, 1.82) is 0 Å². The van der Waals surface area contributed by atoms with Crippen molar-refractivity contribution in [2.75, 3.05) is 50.7 Å². The highest BCUT2D eigenvalue weighted by atomic mass is 16.2. The maximum absolute atomic E-state index is 12.9. The Bertz CT molecular complexity index is 696. The SMILES string of the molecule is CCNC(=O)CN1CCN(C(=O)C2CC(=O)N(c3ccc(C)cc3)C2)CC1. The molecular formula is C20H28N4O3. The number of carbonyl (C=O) groups excluding carboxylic acids is 3. The number of carbonyl (C=O) groups is 3. The van der Waals surface area contributed by atoms with Crippen molar-refractivity contribution in [3.8, 4) is 0 Å². The molecule has 3 amide bonds. The summed E-state index contributed by atoms with van der Waals surface area (Å²) in [6, 6.07) is 7.82. The Labute approximate surface area is 160 Å². The van der Waals surface area contributed by atoms with Gasteiger partial charge in [-0.15, -0.1) is 0 Å². The van der Waals surface area contributed by atoms with Gasteiger partial charge in [-0.05, 0) is 26.0 Å². The Hall–Kier alpha value is -2.41. The normalized spacial score (nSPS) is 20.8. The van der Waals surface area contributed by atoms with Crippen LogP contribution in [-0.4, -0.2) is 73.3 Å². The first-order valence-electron chi connectivity index (χ1n) is 9.62. The molecule has 3 rings (SSSR count). The minimum Gasteiger partial charge on any atom is -0.355 e. The lowest BCUT2D eigenvalue weighted by Gasteiger charge is -2.35. The van der Waals surface area contributed by atoms with E-state index in [2.05, 4.69) is 10.2 Å².